The minimum Gasteiger partial charge on any atom is -0.507 e. The summed E-state index contributed by atoms with van der Waals surface area (Å²) in [5, 5.41) is 21.9. The van der Waals surface area contributed by atoms with Crippen molar-refractivity contribution in [2.75, 3.05) is 0 Å². The first kappa shape index (κ1) is 24.8. The van der Waals surface area contributed by atoms with E-state index in [1.165, 1.54) is 5.57 Å². The number of hydrogen-bond donors (Lipinski definition) is 2. The Labute approximate surface area is 207 Å². The molecule has 0 aromatic heterocycles. The molecule has 4 rings (SSSR count). The molecule has 5 heteroatoms. The van der Waals surface area contributed by atoms with E-state index >= 15 is 0 Å². The Balaban J connectivity index is 2.01. The molecule has 0 saturated carbocycles. The fourth-order valence-electron chi connectivity index (χ4n) is 5.57. The highest BCUT2D eigenvalue weighted by Gasteiger charge is 2.49. The molecule has 0 saturated heterocycles. The van der Waals surface area contributed by atoms with Crippen LogP contribution in [0.4, 0.5) is 0 Å². The van der Waals surface area contributed by atoms with Crippen molar-refractivity contribution >= 4 is 12.6 Å². The maximum absolute atomic E-state index is 12.1. The third kappa shape index (κ3) is 4.52. The molecule has 184 valence electrons. The molecule has 1 aliphatic carbocycles. The van der Waals surface area contributed by atoms with E-state index in [-0.39, 0.29) is 39.9 Å². The Hall–Kier alpha value is -3.34. The molecule has 2 aromatic carbocycles. The summed E-state index contributed by atoms with van der Waals surface area (Å²) in [6.07, 6.45) is 10.7. The van der Waals surface area contributed by atoms with Gasteiger partial charge in [-0.3, -0.25) is 9.59 Å². The van der Waals surface area contributed by atoms with Gasteiger partial charge in [-0.25, -0.2) is 0 Å². The highest BCUT2D eigenvalue weighted by molar-refractivity contribution is 5.95. The van der Waals surface area contributed by atoms with Gasteiger partial charge >= 0.3 is 0 Å². The highest BCUT2D eigenvalue weighted by Crippen LogP contribution is 2.57. The SMILES string of the molecule is C/C1=C/CC(C)(C)/C=C\C[C@@]2(C)Oc3c(C=O)c(O)c(C=O)c(O)c3[C@@H](c3ccccc3)[C@@H]2CC1. The average molecular weight is 475 g/mol. The van der Waals surface area contributed by atoms with Gasteiger partial charge in [-0.15, -0.1) is 0 Å². The molecule has 3 atom stereocenters. The van der Waals surface area contributed by atoms with Gasteiger partial charge in [0.2, 0.25) is 0 Å². The van der Waals surface area contributed by atoms with Crippen LogP contribution in [0.15, 0.2) is 54.1 Å². The summed E-state index contributed by atoms with van der Waals surface area (Å²) in [5.74, 6) is -1.12. The zero-order valence-corrected chi connectivity index (χ0v) is 20.9. The van der Waals surface area contributed by atoms with Crippen molar-refractivity contribution in [3.05, 3.63) is 76.4 Å². The fraction of sp³-hybridized carbons (Fsp3) is 0.400. The quantitative estimate of drug-likeness (QED) is 0.381. The summed E-state index contributed by atoms with van der Waals surface area (Å²) in [5.41, 5.74) is 1.54. The van der Waals surface area contributed by atoms with Gasteiger partial charge in [0.05, 0.1) is 11.1 Å². The second-order valence-electron chi connectivity index (χ2n) is 10.8. The molecular formula is C30H34O5. The number of phenols is 2. The van der Waals surface area contributed by atoms with E-state index in [0.717, 1.165) is 24.8 Å². The Kier molecular flexibility index (Phi) is 6.63. The van der Waals surface area contributed by atoms with Crippen molar-refractivity contribution in [1.82, 2.24) is 0 Å². The first-order valence-electron chi connectivity index (χ1n) is 12.2. The van der Waals surface area contributed by atoms with E-state index in [2.05, 4.69) is 39.0 Å². The number of fused-ring (bicyclic) bond motifs is 2. The van der Waals surface area contributed by atoms with Crippen molar-refractivity contribution in [3.63, 3.8) is 0 Å². The molecule has 2 N–H and O–H groups in total. The van der Waals surface area contributed by atoms with E-state index < -0.39 is 11.4 Å². The lowest BCUT2D eigenvalue weighted by molar-refractivity contribution is -0.00275. The van der Waals surface area contributed by atoms with Gasteiger partial charge in [-0.2, -0.15) is 0 Å². The van der Waals surface area contributed by atoms with Crippen molar-refractivity contribution < 1.29 is 24.5 Å². The first-order chi connectivity index (χ1) is 16.6. The van der Waals surface area contributed by atoms with E-state index in [4.69, 9.17) is 4.74 Å². The Bertz CT molecular complexity index is 1190. The standard InChI is InChI=1S/C30H34O5/c1-19-11-12-23-24(20-9-6-5-7-10-20)25-27(34)21(17-31)26(33)22(18-32)28(25)35-30(23,4)15-8-14-29(2,3)16-13-19/h5-10,13-14,17-18,23-24,33-34H,11-12,15-16H2,1-4H3/b14-8-,19-13-/t23-,24-,30+/m0/s1. The predicted molar refractivity (Wildman–Crippen MR) is 137 cm³/mol. The van der Waals surface area contributed by atoms with Crippen molar-refractivity contribution in [2.45, 2.75) is 64.9 Å². The van der Waals surface area contributed by atoms with Crippen LogP contribution < -0.4 is 4.74 Å². The summed E-state index contributed by atoms with van der Waals surface area (Å²) in [6, 6.07) is 9.82. The number of allylic oxidation sites excluding steroid dienone is 3. The van der Waals surface area contributed by atoms with Crippen LogP contribution in [0.5, 0.6) is 17.2 Å². The van der Waals surface area contributed by atoms with Crippen LogP contribution in [0.2, 0.25) is 0 Å². The zero-order chi connectivity index (χ0) is 25.4. The summed E-state index contributed by atoms with van der Waals surface area (Å²) < 4.78 is 6.60. The topological polar surface area (TPSA) is 83.8 Å². The number of aromatic hydroxyl groups is 2. The van der Waals surface area contributed by atoms with Crippen molar-refractivity contribution in [1.29, 1.82) is 0 Å². The molecule has 0 fully saturated rings. The van der Waals surface area contributed by atoms with Crippen LogP contribution in [-0.4, -0.2) is 28.4 Å². The van der Waals surface area contributed by atoms with Crippen LogP contribution >= 0.6 is 0 Å². The number of carbonyl (C=O) groups excluding carboxylic acids is 2. The minimum absolute atomic E-state index is 0.00772. The molecule has 0 radical (unpaired) electrons. The molecule has 1 heterocycles. The maximum atomic E-state index is 12.1. The number of aldehydes is 2. The van der Waals surface area contributed by atoms with E-state index in [9.17, 15) is 19.8 Å². The van der Waals surface area contributed by atoms with E-state index in [0.29, 0.717) is 24.6 Å². The third-order valence-electron chi connectivity index (χ3n) is 7.66. The molecule has 5 nitrogen and oxygen atoms in total. The Morgan fingerprint density at radius 3 is 2.31 bits per heavy atom. The predicted octanol–water partition coefficient (Wildman–Crippen LogP) is 6.72. The van der Waals surface area contributed by atoms with E-state index in [1.54, 1.807) is 0 Å². The van der Waals surface area contributed by atoms with Crippen LogP contribution in [-0.2, 0) is 0 Å². The summed E-state index contributed by atoms with van der Waals surface area (Å²) in [7, 11) is 0. The number of ether oxygens (including phenoxy) is 1. The highest BCUT2D eigenvalue weighted by atomic mass is 16.5. The number of hydrogen-bond acceptors (Lipinski definition) is 5. The maximum Gasteiger partial charge on any atom is 0.157 e. The Morgan fingerprint density at radius 2 is 1.66 bits per heavy atom. The molecule has 35 heavy (non-hydrogen) atoms. The van der Waals surface area contributed by atoms with Gasteiger partial charge < -0.3 is 14.9 Å². The number of carbonyl (C=O) groups is 2. The zero-order valence-electron chi connectivity index (χ0n) is 20.9. The first-order valence-corrected chi connectivity index (χ1v) is 12.2. The van der Waals surface area contributed by atoms with Crippen LogP contribution in [0.1, 0.15) is 91.1 Å². The minimum atomic E-state index is -0.718. The van der Waals surface area contributed by atoms with Crippen molar-refractivity contribution in [3.8, 4) is 17.2 Å². The van der Waals surface area contributed by atoms with Crippen LogP contribution in [0.25, 0.3) is 0 Å². The largest absolute Gasteiger partial charge is 0.507 e. The van der Waals surface area contributed by atoms with Crippen molar-refractivity contribution in [2.24, 2.45) is 11.3 Å². The van der Waals surface area contributed by atoms with Crippen LogP contribution in [0.3, 0.4) is 0 Å². The lowest BCUT2D eigenvalue weighted by atomic mass is 9.66. The van der Waals surface area contributed by atoms with E-state index in [1.807, 2.05) is 37.3 Å². The lowest BCUT2D eigenvalue weighted by Crippen LogP contribution is -2.47. The molecule has 1 aliphatic heterocycles. The average Bonchev–Trinajstić information content (AvgIpc) is 2.83. The van der Waals surface area contributed by atoms with Gasteiger partial charge in [-0.1, -0.05) is 68.0 Å². The molecule has 0 amide bonds. The van der Waals surface area contributed by atoms with Crippen LogP contribution in [0, 0.1) is 11.3 Å². The monoisotopic (exact) mass is 474 g/mol. The number of phenolic OH excluding ortho intramolecular Hbond substituents is 2. The molecule has 2 aliphatic rings. The fourth-order valence-corrected chi connectivity index (χ4v) is 5.57. The summed E-state index contributed by atoms with van der Waals surface area (Å²) >= 11 is 0. The third-order valence-corrected chi connectivity index (χ3v) is 7.66. The molecular weight excluding hydrogens is 440 g/mol. The van der Waals surface area contributed by atoms with Gasteiger partial charge in [0.25, 0.3) is 0 Å². The smallest absolute Gasteiger partial charge is 0.157 e. The van der Waals surface area contributed by atoms with Gasteiger partial charge in [0.15, 0.2) is 12.6 Å². The lowest BCUT2D eigenvalue weighted by Gasteiger charge is -2.48. The van der Waals surface area contributed by atoms with Gasteiger partial charge in [0, 0.05) is 23.8 Å². The second kappa shape index (κ2) is 9.37. The molecule has 0 spiro atoms. The number of rotatable bonds is 3. The molecule has 0 bridgehead atoms. The molecule has 0 unspecified atom stereocenters. The molecule has 2 aromatic rings. The summed E-state index contributed by atoms with van der Waals surface area (Å²) in [4.78, 5) is 23.9. The second-order valence-corrected chi connectivity index (χ2v) is 10.8. The normalized spacial score (nSPS) is 28.2. The summed E-state index contributed by atoms with van der Waals surface area (Å²) in [6.45, 7) is 8.60. The van der Waals surface area contributed by atoms with Gasteiger partial charge in [0.1, 0.15) is 22.8 Å². The number of benzene rings is 2. The Morgan fingerprint density at radius 1 is 0.971 bits per heavy atom. The van der Waals surface area contributed by atoms with Gasteiger partial charge in [-0.05, 0) is 44.1 Å².